The fraction of sp³-hybridized carbons (Fsp3) is 0.731. The number of hydrogen-bond acceptors (Lipinski definition) is 1. The van der Waals surface area contributed by atoms with Gasteiger partial charge in [0.1, 0.15) is 11.9 Å². The van der Waals surface area contributed by atoms with E-state index in [9.17, 15) is 4.39 Å². The molecule has 0 amide bonds. The van der Waals surface area contributed by atoms with E-state index in [-0.39, 0.29) is 16.8 Å². The van der Waals surface area contributed by atoms with Gasteiger partial charge in [0.15, 0.2) is 0 Å². The molecular formula is C26H38FN. The van der Waals surface area contributed by atoms with Crippen LogP contribution in [0.5, 0.6) is 0 Å². The zero-order valence-corrected chi connectivity index (χ0v) is 17.9. The highest BCUT2D eigenvalue weighted by atomic mass is 19.1. The van der Waals surface area contributed by atoms with Gasteiger partial charge in [-0.25, -0.2) is 4.39 Å². The number of unbranched alkanes of at least 4 members (excludes halogenated alkanes) is 8. The molecule has 154 valence electrons. The molecule has 3 saturated carbocycles. The third-order valence-corrected chi connectivity index (χ3v) is 7.91. The maximum Gasteiger partial charge on any atom is 0.141 e. The van der Waals surface area contributed by atoms with Gasteiger partial charge >= 0.3 is 0 Å². The lowest BCUT2D eigenvalue weighted by Gasteiger charge is -2.54. The van der Waals surface area contributed by atoms with Crippen LogP contribution in [0.2, 0.25) is 0 Å². The van der Waals surface area contributed by atoms with Gasteiger partial charge in [0.05, 0.1) is 5.56 Å². The van der Waals surface area contributed by atoms with Crippen LogP contribution in [0.3, 0.4) is 0 Å². The third-order valence-electron chi connectivity index (χ3n) is 7.91. The van der Waals surface area contributed by atoms with Crippen LogP contribution in [0.25, 0.3) is 0 Å². The molecule has 1 aromatic carbocycles. The van der Waals surface area contributed by atoms with Gasteiger partial charge < -0.3 is 0 Å². The van der Waals surface area contributed by atoms with E-state index in [1.165, 1.54) is 103 Å². The van der Waals surface area contributed by atoms with Crippen molar-refractivity contribution >= 4 is 0 Å². The summed E-state index contributed by atoms with van der Waals surface area (Å²) in [4.78, 5) is 0. The Bertz CT molecular complexity index is 647. The average molecular weight is 384 g/mol. The van der Waals surface area contributed by atoms with Crippen molar-refractivity contribution in [2.45, 2.75) is 115 Å². The molecule has 0 N–H and O–H groups in total. The molecule has 2 bridgehead atoms. The van der Waals surface area contributed by atoms with Crippen LogP contribution in [0.4, 0.5) is 4.39 Å². The first-order valence-electron chi connectivity index (χ1n) is 11.8. The molecule has 0 aliphatic heterocycles. The molecule has 0 heterocycles. The minimum Gasteiger partial charge on any atom is -0.206 e. The molecule has 0 atom stereocenters. The Labute approximate surface area is 171 Å². The lowest BCUT2D eigenvalue weighted by Crippen LogP contribution is -2.44. The van der Waals surface area contributed by atoms with Crippen LogP contribution in [-0.4, -0.2) is 0 Å². The largest absolute Gasteiger partial charge is 0.206 e. The van der Waals surface area contributed by atoms with Crippen LogP contribution >= 0.6 is 0 Å². The second-order valence-corrected chi connectivity index (χ2v) is 9.67. The predicted molar refractivity (Wildman–Crippen MR) is 115 cm³/mol. The summed E-state index contributed by atoms with van der Waals surface area (Å²) in [6.45, 7) is 2.28. The van der Waals surface area contributed by atoms with Crippen LogP contribution in [0, 0.1) is 22.6 Å². The van der Waals surface area contributed by atoms with Crippen LogP contribution in [0.1, 0.15) is 121 Å². The molecule has 1 nitrogen and oxygen atoms in total. The van der Waals surface area contributed by atoms with Crippen LogP contribution < -0.4 is 0 Å². The Morgan fingerprint density at radius 1 is 0.857 bits per heavy atom. The molecule has 0 saturated heterocycles. The highest BCUT2D eigenvalue weighted by molar-refractivity contribution is 5.37. The Morgan fingerprint density at radius 3 is 1.96 bits per heavy atom. The average Bonchev–Trinajstić information content (AvgIpc) is 2.74. The first-order valence-corrected chi connectivity index (χ1v) is 11.8. The second-order valence-electron chi connectivity index (χ2n) is 9.67. The van der Waals surface area contributed by atoms with Crippen LogP contribution in [0.15, 0.2) is 18.2 Å². The zero-order chi connectivity index (χ0) is 19.9. The van der Waals surface area contributed by atoms with Crippen molar-refractivity contribution in [1.82, 2.24) is 0 Å². The maximum atomic E-state index is 14.1. The van der Waals surface area contributed by atoms with E-state index in [0.717, 1.165) is 5.56 Å². The lowest BCUT2D eigenvalue weighted by molar-refractivity contribution is 0.0303. The van der Waals surface area contributed by atoms with E-state index in [0.29, 0.717) is 5.41 Å². The van der Waals surface area contributed by atoms with Crippen molar-refractivity contribution in [2.75, 3.05) is 0 Å². The SMILES string of the molecule is CCCCCCCCCCCC12CCC(c3ccc(C#N)c(F)c3)(CC1)CC2. The minimum atomic E-state index is -0.341. The van der Waals surface area contributed by atoms with Gasteiger partial charge in [0.2, 0.25) is 0 Å². The van der Waals surface area contributed by atoms with Gasteiger partial charge in [0.25, 0.3) is 0 Å². The molecule has 1 aromatic rings. The fourth-order valence-corrected chi connectivity index (χ4v) is 5.82. The fourth-order valence-electron chi connectivity index (χ4n) is 5.82. The van der Waals surface area contributed by atoms with E-state index < -0.39 is 0 Å². The summed E-state index contributed by atoms with van der Waals surface area (Å²) in [5.41, 5.74) is 2.06. The van der Waals surface area contributed by atoms with E-state index in [4.69, 9.17) is 5.26 Å². The highest BCUT2D eigenvalue weighted by Crippen LogP contribution is 2.59. The summed E-state index contributed by atoms with van der Waals surface area (Å²) in [7, 11) is 0. The molecule has 3 aliphatic rings. The highest BCUT2D eigenvalue weighted by Gasteiger charge is 2.48. The monoisotopic (exact) mass is 383 g/mol. The smallest absolute Gasteiger partial charge is 0.141 e. The summed E-state index contributed by atoms with van der Waals surface area (Å²) in [5.74, 6) is -0.341. The van der Waals surface area contributed by atoms with Gasteiger partial charge in [-0.2, -0.15) is 5.26 Å². The molecule has 2 heteroatoms. The Morgan fingerprint density at radius 2 is 1.43 bits per heavy atom. The number of benzene rings is 1. The van der Waals surface area contributed by atoms with Gasteiger partial charge in [-0.1, -0.05) is 70.8 Å². The van der Waals surface area contributed by atoms with Crippen molar-refractivity contribution in [2.24, 2.45) is 5.41 Å². The predicted octanol–water partition coefficient (Wildman–Crippen LogP) is 8.21. The number of hydrogen-bond donors (Lipinski definition) is 0. The summed E-state index contributed by atoms with van der Waals surface area (Å²) < 4.78 is 14.1. The molecule has 4 rings (SSSR count). The molecule has 3 aliphatic carbocycles. The summed E-state index contributed by atoms with van der Waals surface area (Å²) in [6.07, 6.45) is 21.6. The molecule has 0 spiro atoms. The number of nitriles is 1. The van der Waals surface area contributed by atoms with Gasteiger partial charge in [-0.15, -0.1) is 0 Å². The standard InChI is InChI=1S/C26H38FN/c1-2-3-4-5-6-7-8-9-10-13-25-14-17-26(18-15-25,19-16-25)23-12-11-22(21-28)24(27)20-23/h11-12,20H,2-10,13-19H2,1H3. The Kier molecular flexibility index (Phi) is 7.55. The molecule has 0 unspecified atom stereocenters. The second kappa shape index (κ2) is 9.91. The number of halogens is 1. The van der Waals surface area contributed by atoms with Crippen molar-refractivity contribution in [3.8, 4) is 6.07 Å². The van der Waals surface area contributed by atoms with Gasteiger partial charge in [-0.3, -0.25) is 0 Å². The number of nitrogens with zero attached hydrogens (tertiary/aromatic N) is 1. The number of fused-ring (bicyclic) bond motifs is 3. The quantitative estimate of drug-likeness (QED) is 0.353. The van der Waals surface area contributed by atoms with Crippen molar-refractivity contribution < 1.29 is 4.39 Å². The first-order chi connectivity index (χ1) is 13.6. The van der Waals surface area contributed by atoms with Crippen molar-refractivity contribution in [3.05, 3.63) is 35.1 Å². The van der Waals surface area contributed by atoms with E-state index in [2.05, 4.69) is 6.92 Å². The zero-order valence-electron chi connectivity index (χ0n) is 17.9. The third kappa shape index (κ3) is 4.97. The minimum absolute atomic E-state index is 0.173. The van der Waals surface area contributed by atoms with Crippen LogP contribution in [-0.2, 0) is 5.41 Å². The molecule has 3 fully saturated rings. The summed E-state index contributed by atoms with van der Waals surface area (Å²) in [6, 6.07) is 7.29. The van der Waals surface area contributed by atoms with Gasteiger partial charge in [-0.05, 0) is 73.5 Å². The van der Waals surface area contributed by atoms with E-state index >= 15 is 0 Å². The first kappa shape index (κ1) is 21.4. The Hall–Kier alpha value is -1.36. The van der Waals surface area contributed by atoms with Gasteiger partial charge in [0, 0.05) is 0 Å². The van der Waals surface area contributed by atoms with Crippen molar-refractivity contribution in [3.63, 3.8) is 0 Å². The normalized spacial score (nSPS) is 26.3. The number of rotatable bonds is 11. The summed E-state index contributed by atoms with van der Waals surface area (Å²) >= 11 is 0. The topological polar surface area (TPSA) is 23.8 Å². The van der Waals surface area contributed by atoms with E-state index in [1.807, 2.05) is 12.1 Å². The summed E-state index contributed by atoms with van der Waals surface area (Å²) in [5, 5.41) is 8.98. The Balaban J connectivity index is 1.41. The molecular weight excluding hydrogens is 345 g/mol. The maximum absolute atomic E-state index is 14.1. The molecule has 0 aromatic heterocycles. The molecule has 0 radical (unpaired) electrons. The van der Waals surface area contributed by atoms with E-state index in [1.54, 1.807) is 12.1 Å². The lowest BCUT2D eigenvalue weighted by atomic mass is 9.51. The molecule has 28 heavy (non-hydrogen) atoms. The van der Waals surface area contributed by atoms with Crippen molar-refractivity contribution in [1.29, 1.82) is 5.26 Å².